The molecule has 0 atom stereocenters. The summed E-state index contributed by atoms with van der Waals surface area (Å²) in [6.45, 7) is 8.11. The number of benzene rings is 1. The number of halogens is 1. The van der Waals surface area contributed by atoms with Gasteiger partial charge in [-0.05, 0) is 51.5 Å². The third-order valence-corrected chi connectivity index (χ3v) is 5.09. The first-order valence-electron chi connectivity index (χ1n) is 7.89. The van der Waals surface area contributed by atoms with Gasteiger partial charge in [0.2, 0.25) is 0 Å². The molecule has 126 valence electrons. The average Bonchev–Trinajstić information content (AvgIpc) is 2.76. The molecule has 2 aromatic rings. The van der Waals surface area contributed by atoms with E-state index in [4.69, 9.17) is 25.6 Å². The minimum Gasteiger partial charge on any atom is -0.497 e. The van der Waals surface area contributed by atoms with E-state index in [9.17, 15) is 0 Å². The molecule has 0 saturated carbocycles. The van der Waals surface area contributed by atoms with Gasteiger partial charge in [-0.1, -0.05) is 23.7 Å². The maximum atomic E-state index is 6.30. The van der Waals surface area contributed by atoms with Crippen LogP contribution >= 0.6 is 11.6 Å². The van der Waals surface area contributed by atoms with Crippen molar-refractivity contribution in [2.75, 3.05) is 7.11 Å². The van der Waals surface area contributed by atoms with Gasteiger partial charge in [0.15, 0.2) is 0 Å². The molecule has 1 fully saturated rings. The van der Waals surface area contributed by atoms with Crippen molar-refractivity contribution in [1.29, 1.82) is 0 Å². The largest absolute Gasteiger partial charge is 0.497 e. The summed E-state index contributed by atoms with van der Waals surface area (Å²) < 4.78 is 17.4. The molecule has 1 aromatic carbocycles. The highest BCUT2D eigenvalue weighted by Crippen LogP contribution is 2.37. The summed E-state index contributed by atoms with van der Waals surface area (Å²) in [6.07, 6.45) is 1.71. The van der Waals surface area contributed by atoms with Crippen LogP contribution in [0.25, 0.3) is 11.1 Å². The Morgan fingerprint density at radius 3 is 2.17 bits per heavy atom. The molecular weight excluding hydrogens is 324 g/mol. The Labute approximate surface area is 148 Å². The van der Waals surface area contributed by atoms with Gasteiger partial charge in [-0.2, -0.15) is 0 Å². The maximum Gasteiger partial charge on any atom is 0.496 e. The Morgan fingerprint density at radius 2 is 1.62 bits per heavy atom. The van der Waals surface area contributed by atoms with Crippen LogP contribution < -0.4 is 10.2 Å². The highest BCUT2D eigenvalue weighted by atomic mass is 35.5. The van der Waals surface area contributed by atoms with E-state index < -0.39 is 18.3 Å². The molecule has 0 N–H and O–H groups in total. The summed E-state index contributed by atoms with van der Waals surface area (Å²) in [5.74, 6) is 0.796. The molecule has 0 amide bonds. The van der Waals surface area contributed by atoms with Gasteiger partial charge in [-0.3, -0.25) is 0 Å². The lowest BCUT2D eigenvalue weighted by atomic mass is 9.79. The molecule has 0 aliphatic carbocycles. The molecule has 0 unspecified atom stereocenters. The smallest absolute Gasteiger partial charge is 0.496 e. The number of pyridine rings is 1. The second-order valence-electron chi connectivity index (χ2n) is 6.92. The Hall–Kier alpha value is -1.56. The van der Waals surface area contributed by atoms with E-state index in [-0.39, 0.29) is 0 Å². The molecule has 0 spiro atoms. The first kappa shape index (κ1) is 17.3. The Morgan fingerprint density at radius 1 is 1.04 bits per heavy atom. The molecule has 1 aliphatic rings. The van der Waals surface area contributed by atoms with Crippen LogP contribution in [0.3, 0.4) is 0 Å². The van der Waals surface area contributed by atoms with Crippen molar-refractivity contribution in [2.45, 2.75) is 38.9 Å². The number of nitrogens with zero attached hydrogens (tertiary/aromatic N) is 1. The number of hydrogen-bond acceptors (Lipinski definition) is 4. The van der Waals surface area contributed by atoms with E-state index in [1.807, 2.05) is 58.0 Å². The van der Waals surface area contributed by atoms with Crippen LogP contribution in [0.2, 0.25) is 5.15 Å². The summed E-state index contributed by atoms with van der Waals surface area (Å²) in [5.41, 5.74) is 1.87. The molecule has 2 heterocycles. The molecule has 4 nitrogen and oxygen atoms in total. The van der Waals surface area contributed by atoms with Gasteiger partial charge >= 0.3 is 7.12 Å². The Bertz CT molecular complexity index is 730. The fourth-order valence-electron chi connectivity index (χ4n) is 2.55. The van der Waals surface area contributed by atoms with Crippen molar-refractivity contribution in [2.24, 2.45) is 0 Å². The highest BCUT2D eigenvalue weighted by Gasteiger charge is 2.51. The number of aromatic nitrogens is 1. The van der Waals surface area contributed by atoms with Crippen LogP contribution in [0.1, 0.15) is 27.7 Å². The van der Waals surface area contributed by atoms with Crippen molar-refractivity contribution in [3.05, 3.63) is 41.7 Å². The van der Waals surface area contributed by atoms with Crippen LogP contribution in [-0.4, -0.2) is 30.4 Å². The first-order valence-corrected chi connectivity index (χ1v) is 8.27. The summed E-state index contributed by atoms with van der Waals surface area (Å²) in [6, 6.07) is 9.67. The number of ether oxygens (including phenoxy) is 1. The van der Waals surface area contributed by atoms with Crippen molar-refractivity contribution in [3.8, 4) is 16.9 Å². The van der Waals surface area contributed by atoms with Gasteiger partial charge < -0.3 is 14.0 Å². The lowest BCUT2D eigenvalue weighted by molar-refractivity contribution is 0.00578. The number of rotatable bonds is 3. The molecular formula is C18H21BClNO3. The molecule has 3 rings (SSSR count). The third-order valence-electron chi connectivity index (χ3n) is 4.79. The lowest BCUT2D eigenvalue weighted by Crippen LogP contribution is -2.41. The molecule has 24 heavy (non-hydrogen) atoms. The monoisotopic (exact) mass is 345 g/mol. The highest BCUT2D eigenvalue weighted by molar-refractivity contribution is 6.62. The molecule has 0 radical (unpaired) electrons. The fourth-order valence-corrected chi connectivity index (χ4v) is 2.76. The second-order valence-corrected chi connectivity index (χ2v) is 7.28. The van der Waals surface area contributed by atoms with Crippen molar-refractivity contribution in [3.63, 3.8) is 0 Å². The van der Waals surface area contributed by atoms with Crippen LogP contribution in [-0.2, 0) is 9.31 Å². The summed E-state index contributed by atoms with van der Waals surface area (Å²) in [4.78, 5) is 4.31. The van der Waals surface area contributed by atoms with E-state index in [0.29, 0.717) is 5.15 Å². The van der Waals surface area contributed by atoms with Crippen LogP contribution in [0.4, 0.5) is 0 Å². The molecule has 1 saturated heterocycles. The SMILES string of the molecule is COc1ccc(-c2cc(B3OC(C)(C)C(C)(C)O3)cnc2Cl)cc1. The molecule has 1 aliphatic heterocycles. The molecule has 6 heteroatoms. The van der Waals surface area contributed by atoms with E-state index in [0.717, 1.165) is 22.3 Å². The van der Waals surface area contributed by atoms with E-state index in [1.165, 1.54) is 0 Å². The standard InChI is InChI=1S/C18H21BClNO3/c1-17(2)18(3,4)24-19(23-17)13-10-15(16(20)21-11-13)12-6-8-14(22-5)9-7-12/h6-11H,1-5H3. The van der Waals surface area contributed by atoms with E-state index in [2.05, 4.69) is 4.98 Å². The van der Waals surface area contributed by atoms with Gasteiger partial charge in [0.25, 0.3) is 0 Å². The zero-order chi connectivity index (χ0) is 17.5. The van der Waals surface area contributed by atoms with Crippen molar-refractivity contribution >= 4 is 24.2 Å². The summed E-state index contributed by atoms with van der Waals surface area (Å²) in [7, 11) is 1.18. The van der Waals surface area contributed by atoms with E-state index in [1.54, 1.807) is 13.3 Å². The van der Waals surface area contributed by atoms with E-state index >= 15 is 0 Å². The minimum absolute atomic E-state index is 0.391. The molecule has 1 aromatic heterocycles. The summed E-state index contributed by atoms with van der Waals surface area (Å²) >= 11 is 6.30. The van der Waals surface area contributed by atoms with Crippen LogP contribution in [0.5, 0.6) is 5.75 Å². The number of hydrogen-bond donors (Lipinski definition) is 0. The second kappa shape index (κ2) is 6.06. The summed E-state index contributed by atoms with van der Waals surface area (Å²) in [5, 5.41) is 0.445. The molecule has 0 bridgehead atoms. The van der Waals surface area contributed by atoms with Crippen LogP contribution in [0, 0.1) is 0 Å². The zero-order valence-corrected chi connectivity index (χ0v) is 15.3. The van der Waals surface area contributed by atoms with Crippen molar-refractivity contribution in [1.82, 2.24) is 4.98 Å². The van der Waals surface area contributed by atoms with Gasteiger partial charge in [0, 0.05) is 17.2 Å². The average molecular weight is 346 g/mol. The Balaban J connectivity index is 1.95. The minimum atomic E-state index is -0.461. The van der Waals surface area contributed by atoms with Crippen molar-refractivity contribution < 1.29 is 14.0 Å². The van der Waals surface area contributed by atoms with Gasteiger partial charge in [-0.25, -0.2) is 4.98 Å². The first-order chi connectivity index (χ1) is 11.2. The number of methoxy groups -OCH3 is 1. The lowest BCUT2D eigenvalue weighted by Gasteiger charge is -2.32. The normalized spacial score (nSPS) is 18.7. The zero-order valence-electron chi connectivity index (χ0n) is 14.6. The predicted octanol–water partition coefficient (Wildman–Crippen LogP) is 3.71. The predicted molar refractivity (Wildman–Crippen MR) is 97.0 cm³/mol. The third kappa shape index (κ3) is 3.04. The van der Waals surface area contributed by atoms with Gasteiger partial charge in [-0.15, -0.1) is 0 Å². The quantitative estimate of drug-likeness (QED) is 0.628. The van der Waals surface area contributed by atoms with Crippen LogP contribution in [0.15, 0.2) is 36.5 Å². The maximum absolute atomic E-state index is 6.30. The fraction of sp³-hybridized carbons (Fsp3) is 0.389. The Kier molecular flexibility index (Phi) is 4.37. The van der Waals surface area contributed by atoms with Gasteiger partial charge in [0.05, 0.1) is 18.3 Å². The topological polar surface area (TPSA) is 40.6 Å². The van der Waals surface area contributed by atoms with Gasteiger partial charge in [0.1, 0.15) is 10.9 Å².